The van der Waals surface area contributed by atoms with Gasteiger partial charge in [0, 0.05) is 19.0 Å². The SMILES string of the molecule is CC[C@@H]1C[C@@]12NC(=O)[C@@H]1C[C@H](CN1C(=O)[C@@H](NC(=O)OC(C)(C)C)C(C)(C)C)Oc1nc3c(cccc3n1C(C)C)C(=O)NCC/C=C\CCCC1(CC1)S(=O)(=O)NC2=O. The largest absolute Gasteiger partial charge is 0.459 e. The molecular formula is C43H63N7O9S. The Bertz CT molecular complexity index is 2150. The van der Waals surface area contributed by atoms with Gasteiger partial charge in [-0.2, -0.15) is 4.98 Å². The van der Waals surface area contributed by atoms with Crippen molar-refractivity contribution < 1.29 is 41.9 Å². The molecule has 330 valence electrons. The summed E-state index contributed by atoms with van der Waals surface area (Å²) in [6, 6.07) is 3.05. The number of rotatable bonds is 4. The second-order valence-electron chi connectivity index (χ2n) is 19.3. The van der Waals surface area contributed by atoms with E-state index in [0.717, 1.165) is 0 Å². The molecule has 0 unspecified atom stereocenters. The summed E-state index contributed by atoms with van der Waals surface area (Å²) in [4.78, 5) is 76.3. The number of fused-ring (bicyclic) bond motifs is 3. The van der Waals surface area contributed by atoms with E-state index in [9.17, 15) is 32.4 Å². The number of ether oxygens (including phenoxy) is 2. The lowest BCUT2D eigenvalue weighted by Crippen LogP contribution is -2.60. The molecule has 16 nitrogen and oxygen atoms in total. The molecule has 1 aromatic heterocycles. The van der Waals surface area contributed by atoms with Crippen LogP contribution in [-0.4, -0.2) is 99.8 Å². The quantitative estimate of drug-likeness (QED) is 0.302. The van der Waals surface area contributed by atoms with Crippen molar-refractivity contribution in [3.63, 3.8) is 0 Å². The number of carbonyl (C=O) groups is 5. The van der Waals surface area contributed by atoms with Gasteiger partial charge in [-0.25, -0.2) is 13.2 Å². The van der Waals surface area contributed by atoms with E-state index in [1.165, 1.54) is 4.90 Å². The zero-order chi connectivity index (χ0) is 44.0. The molecule has 2 aromatic rings. The van der Waals surface area contributed by atoms with E-state index < -0.39 is 73.3 Å². The lowest BCUT2D eigenvalue weighted by atomic mass is 9.85. The fourth-order valence-electron chi connectivity index (χ4n) is 8.49. The molecule has 4 bridgehead atoms. The molecule has 2 aliphatic carbocycles. The van der Waals surface area contributed by atoms with Crippen LogP contribution < -0.4 is 25.4 Å². The molecule has 17 heteroatoms. The van der Waals surface area contributed by atoms with Crippen LogP contribution >= 0.6 is 0 Å². The summed E-state index contributed by atoms with van der Waals surface area (Å²) in [5.41, 5.74) is -1.71. The van der Waals surface area contributed by atoms with Gasteiger partial charge in [-0.15, -0.1) is 0 Å². The van der Waals surface area contributed by atoms with Gasteiger partial charge in [0.1, 0.15) is 34.8 Å². The molecule has 1 aromatic carbocycles. The van der Waals surface area contributed by atoms with Crippen LogP contribution in [0, 0.1) is 11.3 Å². The normalized spacial score (nSPS) is 27.1. The van der Waals surface area contributed by atoms with Crippen molar-refractivity contribution >= 4 is 50.8 Å². The second kappa shape index (κ2) is 16.7. The highest BCUT2D eigenvalue weighted by molar-refractivity contribution is 7.91. The van der Waals surface area contributed by atoms with Crippen molar-refractivity contribution in [2.45, 2.75) is 160 Å². The van der Waals surface area contributed by atoms with Gasteiger partial charge in [0.25, 0.3) is 17.8 Å². The van der Waals surface area contributed by atoms with Crippen LogP contribution in [0.15, 0.2) is 30.4 Å². The van der Waals surface area contributed by atoms with Crippen LogP contribution in [0.25, 0.3) is 11.0 Å². The summed E-state index contributed by atoms with van der Waals surface area (Å²) >= 11 is 0. The summed E-state index contributed by atoms with van der Waals surface area (Å²) in [6.07, 6.45) is 6.07. The maximum Gasteiger partial charge on any atom is 0.408 e. The Balaban J connectivity index is 1.39. The molecular weight excluding hydrogens is 791 g/mol. The first kappa shape index (κ1) is 44.9. The third kappa shape index (κ3) is 9.30. The third-order valence-corrected chi connectivity index (χ3v) is 14.3. The molecule has 4 aliphatic rings. The molecule has 2 aliphatic heterocycles. The first-order valence-electron chi connectivity index (χ1n) is 21.3. The van der Waals surface area contributed by atoms with Crippen molar-refractivity contribution in [3.8, 4) is 6.01 Å². The van der Waals surface area contributed by atoms with E-state index in [4.69, 9.17) is 14.5 Å². The average Bonchev–Trinajstić information content (AvgIpc) is 4.00. The summed E-state index contributed by atoms with van der Waals surface area (Å²) in [7, 11) is -4.09. The molecule has 5 amide bonds. The number of nitrogens with zero attached hydrogens (tertiary/aromatic N) is 3. The Hall–Kier alpha value is -4.67. The molecule has 2 spiro atoms. The van der Waals surface area contributed by atoms with Crippen LogP contribution in [0.3, 0.4) is 0 Å². The van der Waals surface area contributed by atoms with Crippen molar-refractivity contribution in [3.05, 3.63) is 35.9 Å². The topological polar surface area (TPSA) is 207 Å². The van der Waals surface area contributed by atoms with Gasteiger partial charge in [0.05, 0.1) is 22.4 Å². The number of alkyl carbamates (subject to hydrolysis) is 1. The highest BCUT2D eigenvalue weighted by Gasteiger charge is 2.64. The minimum absolute atomic E-state index is 0.0149. The highest BCUT2D eigenvalue weighted by Crippen LogP contribution is 2.50. The molecule has 6 rings (SSSR count). The molecule has 1 saturated heterocycles. The fraction of sp³-hybridized carbons (Fsp3) is 0.674. The average molecular weight is 854 g/mol. The van der Waals surface area contributed by atoms with Crippen LogP contribution in [0.4, 0.5) is 4.79 Å². The first-order chi connectivity index (χ1) is 28.0. The van der Waals surface area contributed by atoms with E-state index in [0.29, 0.717) is 68.1 Å². The number of carbonyl (C=O) groups excluding carboxylic acids is 5. The maximum atomic E-state index is 14.8. The van der Waals surface area contributed by atoms with Gasteiger partial charge in [0.15, 0.2) is 0 Å². The molecule has 4 N–H and O–H groups in total. The number of nitrogens with one attached hydrogen (secondary N) is 4. The lowest BCUT2D eigenvalue weighted by Gasteiger charge is -2.36. The third-order valence-electron chi connectivity index (χ3n) is 12.1. The Morgan fingerprint density at radius 3 is 2.37 bits per heavy atom. The number of sulfonamides is 1. The minimum Gasteiger partial charge on any atom is -0.459 e. The Morgan fingerprint density at radius 2 is 1.75 bits per heavy atom. The number of aromatic nitrogens is 2. The van der Waals surface area contributed by atoms with Crippen molar-refractivity contribution in [1.82, 2.24) is 35.1 Å². The number of para-hydroxylation sites is 1. The van der Waals surface area contributed by atoms with Crippen LogP contribution in [-0.2, 0) is 29.1 Å². The summed E-state index contributed by atoms with van der Waals surface area (Å²) in [6.45, 7) is 16.6. The van der Waals surface area contributed by atoms with Gasteiger partial charge < -0.3 is 30.3 Å². The van der Waals surface area contributed by atoms with E-state index in [1.807, 2.05) is 43.6 Å². The molecule has 60 heavy (non-hydrogen) atoms. The number of benzene rings is 1. The molecule has 2 saturated carbocycles. The lowest BCUT2D eigenvalue weighted by molar-refractivity contribution is -0.143. The maximum absolute atomic E-state index is 14.8. The van der Waals surface area contributed by atoms with Gasteiger partial charge in [-0.1, -0.05) is 52.3 Å². The van der Waals surface area contributed by atoms with E-state index >= 15 is 0 Å². The summed E-state index contributed by atoms with van der Waals surface area (Å²) in [5, 5.41) is 8.62. The second-order valence-corrected chi connectivity index (χ2v) is 21.3. The number of hydrogen-bond donors (Lipinski definition) is 4. The monoisotopic (exact) mass is 853 g/mol. The Morgan fingerprint density at radius 1 is 1.05 bits per heavy atom. The fourth-order valence-corrected chi connectivity index (χ4v) is 10.2. The zero-order valence-corrected chi connectivity index (χ0v) is 37.3. The van der Waals surface area contributed by atoms with Crippen LogP contribution in [0.2, 0.25) is 0 Å². The first-order valence-corrected chi connectivity index (χ1v) is 22.8. The highest BCUT2D eigenvalue weighted by atomic mass is 32.2. The van der Waals surface area contributed by atoms with Crippen molar-refractivity contribution in [1.29, 1.82) is 0 Å². The number of imidazole rings is 1. The van der Waals surface area contributed by atoms with Gasteiger partial charge in [-0.05, 0) is 103 Å². The predicted molar refractivity (Wildman–Crippen MR) is 226 cm³/mol. The Kier molecular flexibility index (Phi) is 12.5. The molecule has 3 heterocycles. The van der Waals surface area contributed by atoms with E-state index in [-0.39, 0.29) is 43.3 Å². The van der Waals surface area contributed by atoms with Gasteiger partial charge in [0.2, 0.25) is 21.8 Å². The van der Waals surface area contributed by atoms with Crippen molar-refractivity contribution in [2.75, 3.05) is 13.1 Å². The molecule has 5 atom stereocenters. The van der Waals surface area contributed by atoms with E-state index in [2.05, 4.69) is 20.7 Å². The summed E-state index contributed by atoms with van der Waals surface area (Å²) < 4.78 is 42.9. The van der Waals surface area contributed by atoms with E-state index in [1.54, 1.807) is 53.7 Å². The van der Waals surface area contributed by atoms with Gasteiger partial charge >= 0.3 is 6.09 Å². The Labute approximate surface area is 353 Å². The molecule has 0 radical (unpaired) electrons. The van der Waals surface area contributed by atoms with Crippen LogP contribution in [0.1, 0.15) is 137 Å². The van der Waals surface area contributed by atoms with Crippen molar-refractivity contribution in [2.24, 2.45) is 11.3 Å². The minimum atomic E-state index is -4.09. The number of hydrogen-bond acceptors (Lipinski definition) is 10. The standard InChI is InChI=1S/C43H63N7O9S/c1-10-27-24-43(27)37(54)48-60(56,57)42(20-21-42)19-14-12-11-13-15-22-44-34(51)29-17-16-18-30-32(29)45-38(50(30)26(2)3)58-28-23-31(35(52)47-43)49(25-28)36(53)33(40(4,5)6)46-39(55)59-41(7,8)9/h11,13,16-18,26-28,31,33H,10,12,14-15,19-25H2,1-9H3,(H,44,51)(H,46,55)(H,47,52)(H,48,54)/b13-11-/t27-,28-,31+,33-,43-/m1/s1. The van der Waals surface area contributed by atoms with Gasteiger partial charge in [-0.3, -0.25) is 28.5 Å². The zero-order valence-electron chi connectivity index (χ0n) is 36.5. The van der Waals surface area contributed by atoms with Crippen LogP contribution in [0.5, 0.6) is 6.01 Å². The number of allylic oxidation sites excluding steroid dienone is 1. The smallest absolute Gasteiger partial charge is 0.408 e. The summed E-state index contributed by atoms with van der Waals surface area (Å²) in [5.74, 6) is -2.63. The molecule has 3 fully saturated rings. The predicted octanol–water partition coefficient (Wildman–Crippen LogP) is 5.03. The number of amides is 5. The number of likely N-dealkylation sites (tertiary alicyclic amines) is 1.